The number of hydrogen-bond acceptors (Lipinski definition) is 3. The van der Waals surface area contributed by atoms with Crippen LogP contribution in [-0.4, -0.2) is 24.6 Å². The van der Waals surface area contributed by atoms with E-state index in [4.69, 9.17) is 9.47 Å². The predicted octanol–water partition coefficient (Wildman–Crippen LogP) is 6.33. The molecule has 0 amide bonds. The average molecular weight is 353 g/mol. The maximum absolute atomic E-state index is 6.05. The molecule has 3 heteroatoms. The summed E-state index contributed by atoms with van der Waals surface area (Å²) in [5.74, 6) is 3.93. The second-order valence-electron chi connectivity index (χ2n) is 7.07. The zero-order valence-electron chi connectivity index (χ0n) is 16.3. The van der Waals surface area contributed by atoms with Gasteiger partial charge in [-0.25, -0.2) is 0 Å². The summed E-state index contributed by atoms with van der Waals surface area (Å²) in [6.07, 6.45) is 4.71. The standard InChI is InChI=1S/C21H36O2S/c1-6-23-21(4,5)15-10-11-18(3)14-16-22-20-13-9-8-12-19(20)17-24-7-2/h8-9,12-13,18H,6-7,10-11,14-17H2,1-5H3. The summed E-state index contributed by atoms with van der Waals surface area (Å²) < 4.78 is 11.8. The minimum absolute atomic E-state index is 0.0147. The maximum atomic E-state index is 6.05. The van der Waals surface area contributed by atoms with Gasteiger partial charge in [-0.05, 0) is 51.3 Å². The fourth-order valence-corrected chi connectivity index (χ4v) is 3.49. The molecular weight excluding hydrogens is 316 g/mol. The Bertz CT molecular complexity index is 445. The van der Waals surface area contributed by atoms with Crippen molar-refractivity contribution < 1.29 is 9.47 Å². The van der Waals surface area contributed by atoms with Crippen molar-refractivity contribution >= 4 is 11.8 Å². The summed E-state index contributed by atoms with van der Waals surface area (Å²) in [6.45, 7) is 12.6. The van der Waals surface area contributed by atoms with Gasteiger partial charge in [0, 0.05) is 17.9 Å². The number of thioether (sulfide) groups is 1. The SMILES string of the molecule is CCOC(C)(C)CCCC(C)CCOc1ccccc1CSCC. The van der Waals surface area contributed by atoms with Crippen LogP contribution in [0.1, 0.15) is 65.9 Å². The van der Waals surface area contributed by atoms with Crippen LogP contribution in [0.3, 0.4) is 0 Å². The third-order valence-electron chi connectivity index (χ3n) is 4.31. The van der Waals surface area contributed by atoms with Crippen molar-refractivity contribution in [2.75, 3.05) is 19.0 Å². The molecule has 1 atom stereocenters. The van der Waals surface area contributed by atoms with Gasteiger partial charge in [-0.15, -0.1) is 0 Å². The van der Waals surface area contributed by atoms with E-state index in [1.54, 1.807) is 0 Å². The summed E-state index contributed by atoms with van der Waals surface area (Å²) >= 11 is 1.94. The molecule has 0 aliphatic carbocycles. The van der Waals surface area contributed by atoms with E-state index in [0.717, 1.165) is 43.3 Å². The molecule has 0 saturated carbocycles. The van der Waals surface area contributed by atoms with Gasteiger partial charge >= 0.3 is 0 Å². The van der Waals surface area contributed by atoms with E-state index >= 15 is 0 Å². The van der Waals surface area contributed by atoms with Crippen LogP contribution in [0.15, 0.2) is 24.3 Å². The Morgan fingerprint density at radius 1 is 1.12 bits per heavy atom. The van der Waals surface area contributed by atoms with Crippen molar-refractivity contribution in [1.29, 1.82) is 0 Å². The van der Waals surface area contributed by atoms with Crippen molar-refractivity contribution in [2.24, 2.45) is 5.92 Å². The Kier molecular flexibility index (Phi) is 10.5. The fourth-order valence-electron chi connectivity index (χ4n) is 2.83. The largest absolute Gasteiger partial charge is 0.493 e. The average Bonchev–Trinajstić information content (AvgIpc) is 2.53. The first-order valence-corrected chi connectivity index (χ1v) is 10.6. The Labute approximate surface area is 153 Å². The minimum atomic E-state index is 0.0147. The van der Waals surface area contributed by atoms with Gasteiger partial charge in [0.25, 0.3) is 0 Å². The first-order valence-electron chi connectivity index (χ1n) is 9.41. The lowest BCUT2D eigenvalue weighted by molar-refractivity contribution is -0.0183. The van der Waals surface area contributed by atoms with E-state index in [2.05, 4.69) is 58.9 Å². The van der Waals surface area contributed by atoms with Gasteiger partial charge in [0.1, 0.15) is 5.75 Å². The highest BCUT2D eigenvalue weighted by Crippen LogP contribution is 2.24. The van der Waals surface area contributed by atoms with Gasteiger partial charge in [-0.3, -0.25) is 0 Å². The lowest BCUT2D eigenvalue weighted by atomic mass is 9.95. The zero-order valence-corrected chi connectivity index (χ0v) is 17.1. The zero-order chi connectivity index (χ0) is 17.8. The Morgan fingerprint density at radius 3 is 2.58 bits per heavy atom. The van der Waals surface area contributed by atoms with Crippen LogP contribution in [-0.2, 0) is 10.5 Å². The van der Waals surface area contributed by atoms with Crippen molar-refractivity contribution in [2.45, 2.75) is 71.7 Å². The second-order valence-corrected chi connectivity index (χ2v) is 8.35. The highest BCUT2D eigenvalue weighted by molar-refractivity contribution is 7.98. The van der Waals surface area contributed by atoms with E-state index in [-0.39, 0.29) is 5.60 Å². The molecule has 1 rings (SSSR count). The summed E-state index contributed by atoms with van der Waals surface area (Å²) in [5.41, 5.74) is 1.33. The third-order valence-corrected chi connectivity index (χ3v) is 5.24. The number of hydrogen-bond donors (Lipinski definition) is 0. The molecule has 1 aromatic rings. The van der Waals surface area contributed by atoms with Gasteiger partial charge in [0.05, 0.1) is 12.2 Å². The number of benzene rings is 1. The quantitative estimate of drug-likeness (QED) is 0.413. The Morgan fingerprint density at radius 2 is 1.88 bits per heavy atom. The van der Waals surface area contributed by atoms with Crippen LogP contribution in [0.2, 0.25) is 0 Å². The molecule has 0 bridgehead atoms. The smallest absolute Gasteiger partial charge is 0.123 e. The molecule has 0 fully saturated rings. The van der Waals surface area contributed by atoms with Crippen molar-refractivity contribution in [1.82, 2.24) is 0 Å². The summed E-state index contributed by atoms with van der Waals surface area (Å²) in [5, 5.41) is 0. The number of para-hydroxylation sites is 1. The van der Waals surface area contributed by atoms with Crippen LogP contribution in [0.4, 0.5) is 0 Å². The van der Waals surface area contributed by atoms with Crippen LogP contribution < -0.4 is 4.74 Å². The molecule has 0 spiro atoms. The van der Waals surface area contributed by atoms with Gasteiger partial charge in [0.2, 0.25) is 0 Å². The molecule has 1 aromatic carbocycles. The first kappa shape index (κ1) is 21.4. The molecule has 0 saturated heterocycles. The van der Waals surface area contributed by atoms with Crippen molar-refractivity contribution in [3.63, 3.8) is 0 Å². The van der Waals surface area contributed by atoms with Crippen LogP contribution in [0.5, 0.6) is 5.75 Å². The van der Waals surface area contributed by atoms with Gasteiger partial charge in [0.15, 0.2) is 0 Å². The highest BCUT2D eigenvalue weighted by atomic mass is 32.2. The van der Waals surface area contributed by atoms with Crippen molar-refractivity contribution in [3.05, 3.63) is 29.8 Å². The molecule has 0 heterocycles. The molecule has 0 aromatic heterocycles. The molecule has 138 valence electrons. The maximum Gasteiger partial charge on any atom is 0.123 e. The van der Waals surface area contributed by atoms with E-state index < -0.39 is 0 Å². The molecule has 2 nitrogen and oxygen atoms in total. The van der Waals surface area contributed by atoms with E-state index in [0.29, 0.717) is 5.92 Å². The van der Waals surface area contributed by atoms with E-state index in [1.165, 1.54) is 18.4 Å². The minimum Gasteiger partial charge on any atom is -0.493 e. The topological polar surface area (TPSA) is 18.5 Å². The third kappa shape index (κ3) is 8.98. The monoisotopic (exact) mass is 352 g/mol. The highest BCUT2D eigenvalue weighted by Gasteiger charge is 2.17. The summed E-state index contributed by atoms with van der Waals surface area (Å²) in [4.78, 5) is 0. The summed E-state index contributed by atoms with van der Waals surface area (Å²) in [7, 11) is 0. The summed E-state index contributed by atoms with van der Waals surface area (Å²) in [6, 6.07) is 8.44. The van der Waals surface area contributed by atoms with Crippen LogP contribution >= 0.6 is 11.8 Å². The normalized spacial score (nSPS) is 13.0. The predicted molar refractivity (Wildman–Crippen MR) is 107 cm³/mol. The van der Waals surface area contributed by atoms with Gasteiger partial charge < -0.3 is 9.47 Å². The van der Waals surface area contributed by atoms with Gasteiger partial charge in [-0.1, -0.05) is 44.9 Å². The fraction of sp³-hybridized carbons (Fsp3) is 0.714. The van der Waals surface area contributed by atoms with Gasteiger partial charge in [-0.2, -0.15) is 11.8 Å². The lowest BCUT2D eigenvalue weighted by Gasteiger charge is -2.25. The van der Waals surface area contributed by atoms with E-state index in [1.807, 2.05) is 11.8 Å². The van der Waals surface area contributed by atoms with E-state index in [9.17, 15) is 0 Å². The lowest BCUT2D eigenvalue weighted by Crippen LogP contribution is -2.24. The Balaban J connectivity index is 2.27. The molecule has 0 N–H and O–H groups in total. The van der Waals surface area contributed by atoms with Crippen molar-refractivity contribution in [3.8, 4) is 5.75 Å². The van der Waals surface area contributed by atoms with Crippen LogP contribution in [0, 0.1) is 5.92 Å². The molecule has 0 aliphatic rings. The molecule has 0 radical (unpaired) electrons. The molecule has 1 unspecified atom stereocenters. The number of ether oxygens (including phenoxy) is 2. The first-order chi connectivity index (χ1) is 11.5. The second kappa shape index (κ2) is 11.8. The Hall–Kier alpha value is -0.670. The van der Waals surface area contributed by atoms with Crippen LogP contribution in [0.25, 0.3) is 0 Å². The molecular formula is C21H36O2S. The molecule has 24 heavy (non-hydrogen) atoms. The number of rotatable bonds is 13. The molecule has 0 aliphatic heterocycles.